The molecule has 18 heavy (non-hydrogen) atoms. The number of para-hydroxylation sites is 1. The van der Waals surface area contributed by atoms with Crippen molar-refractivity contribution in [3.63, 3.8) is 0 Å². The van der Waals surface area contributed by atoms with Crippen LogP contribution in [0.25, 0.3) is 0 Å². The molecular weight excluding hydrogens is 226 g/mol. The molecule has 1 aromatic rings. The van der Waals surface area contributed by atoms with Gasteiger partial charge in [-0.2, -0.15) is 0 Å². The number of aromatic hydroxyl groups is 1. The molecule has 0 atom stereocenters. The fourth-order valence-corrected chi connectivity index (χ4v) is 2.13. The highest BCUT2D eigenvalue weighted by Crippen LogP contribution is 2.30. The maximum atomic E-state index is 12.2. The van der Waals surface area contributed by atoms with E-state index in [9.17, 15) is 9.90 Å². The lowest BCUT2D eigenvalue weighted by Crippen LogP contribution is -2.34. The third-order valence-corrected chi connectivity index (χ3v) is 3.36. The van der Waals surface area contributed by atoms with E-state index in [0.717, 1.165) is 25.1 Å². The number of benzene rings is 1. The van der Waals surface area contributed by atoms with Gasteiger partial charge in [-0.15, -0.1) is 0 Å². The van der Waals surface area contributed by atoms with E-state index in [4.69, 9.17) is 0 Å². The summed E-state index contributed by atoms with van der Waals surface area (Å²) in [6, 6.07) is 7.08. The summed E-state index contributed by atoms with van der Waals surface area (Å²) in [5.41, 5.74) is 0.722. The summed E-state index contributed by atoms with van der Waals surface area (Å²) in [7, 11) is 0. The van der Waals surface area contributed by atoms with E-state index in [1.165, 1.54) is 12.8 Å². The Morgan fingerprint density at radius 1 is 1.39 bits per heavy atom. The zero-order chi connectivity index (χ0) is 13.0. The lowest BCUT2D eigenvalue weighted by molar-refractivity contribution is -0.130. The molecule has 1 aliphatic rings. The van der Waals surface area contributed by atoms with Crippen LogP contribution in [0.3, 0.4) is 0 Å². The highest BCUT2D eigenvalue weighted by Gasteiger charge is 2.26. The topological polar surface area (TPSA) is 40.5 Å². The number of phenolic OH excluding ortho intramolecular Hbond substituents is 1. The third kappa shape index (κ3) is 3.49. The van der Waals surface area contributed by atoms with Gasteiger partial charge in [-0.1, -0.05) is 25.1 Å². The summed E-state index contributed by atoms with van der Waals surface area (Å²) < 4.78 is 0. The van der Waals surface area contributed by atoms with Gasteiger partial charge in [0.1, 0.15) is 5.75 Å². The Bertz CT molecular complexity index is 413. The highest BCUT2D eigenvalue weighted by molar-refractivity contribution is 5.79. The molecule has 2 rings (SSSR count). The van der Waals surface area contributed by atoms with Gasteiger partial charge in [0.15, 0.2) is 0 Å². The molecule has 1 amide bonds. The molecule has 1 N–H and O–H groups in total. The van der Waals surface area contributed by atoms with Gasteiger partial charge in [-0.05, 0) is 31.2 Å². The molecule has 1 fully saturated rings. The summed E-state index contributed by atoms with van der Waals surface area (Å²) in [6.45, 7) is 3.80. The Balaban J connectivity index is 1.97. The fraction of sp³-hybridized carbons (Fsp3) is 0.533. The molecule has 3 heteroatoms. The largest absolute Gasteiger partial charge is 0.508 e. The van der Waals surface area contributed by atoms with Crippen LogP contribution >= 0.6 is 0 Å². The molecule has 0 unspecified atom stereocenters. The molecule has 1 aliphatic carbocycles. The summed E-state index contributed by atoms with van der Waals surface area (Å²) in [6.07, 6.45) is 3.80. The van der Waals surface area contributed by atoms with Crippen LogP contribution in [0.2, 0.25) is 0 Å². The number of rotatable bonds is 6. The average molecular weight is 247 g/mol. The van der Waals surface area contributed by atoms with E-state index in [2.05, 4.69) is 6.92 Å². The molecule has 0 radical (unpaired) electrons. The van der Waals surface area contributed by atoms with Gasteiger partial charge in [0.25, 0.3) is 0 Å². The molecule has 3 nitrogen and oxygen atoms in total. The lowest BCUT2D eigenvalue weighted by atomic mass is 10.1. The van der Waals surface area contributed by atoms with Crippen molar-refractivity contribution in [1.29, 1.82) is 0 Å². The van der Waals surface area contributed by atoms with Gasteiger partial charge >= 0.3 is 0 Å². The van der Waals surface area contributed by atoms with Crippen LogP contribution in [-0.2, 0) is 11.2 Å². The molecule has 1 saturated carbocycles. The predicted molar refractivity (Wildman–Crippen MR) is 71.4 cm³/mol. The average Bonchev–Trinajstić information content (AvgIpc) is 3.15. The maximum absolute atomic E-state index is 12.2. The van der Waals surface area contributed by atoms with Crippen molar-refractivity contribution in [3.8, 4) is 5.75 Å². The Morgan fingerprint density at radius 2 is 2.11 bits per heavy atom. The normalized spacial score (nSPS) is 14.5. The Kier molecular flexibility index (Phi) is 4.24. The second-order valence-electron chi connectivity index (χ2n) is 5.09. The Hall–Kier alpha value is -1.51. The number of amides is 1. The van der Waals surface area contributed by atoms with E-state index in [1.54, 1.807) is 12.1 Å². The number of phenols is 1. The van der Waals surface area contributed by atoms with Crippen molar-refractivity contribution in [3.05, 3.63) is 29.8 Å². The minimum Gasteiger partial charge on any atom is -0.508 e. The number of hydrogen-bond acceptors (Lipinski definition) is 2. The second kappa shape index (κ2) is 5.89. The molecule has 0 bridgehead atoms. The van der Waals surface area contributed by atoms with Gasteiger partial charge < -0.3 is 10.0 Å². The fourth-order valence-electron chi connectivity index (χ4n) is 2.13. The van der Waals surface area contributed by atoms with Gasteiger partial charge in [0.2, 0.25) is 5.91 Å². The van der Waals surface area contributed by atoms with E-state index in [0.29, 0.717) is 12.3 Å². The van der Waals surface area contributed by atoms with Gasteiger partial charge in [0, 0.05) is 18.7 Å². The number of carbonyl (C=O) groups is 1. The molecule has 0 heterocycles. The van der Waals surface area contributed by atoms with Crippen LogP contribution in [0.1, 0.15) is 31.7 Å². The summed E-state index contributed by atoms with van der Waals surface area (Å²) in [5, 5.41) is 9.69. The van der Waals surface area contributed by atoms with E-state index < -0.39 is 0 Å². The molecule has 0 aromatic heterocycles. The minimum absolute atomic E-state index is 0.130. The summed E-state index contributed by atoms with van der Waals surface area (Å²) >= 11 is 0. The lowest BCUT2D eigenvalue weighted by Gasteiger charge is -2.22. The van der Waals surface area contributed by atoms with Crippen LogP contribution in [0.5, 0.6) is 5.75 Å². The zero-order valence-electron chi connectivity index (χ0n) is 10.9. The molecule has 1 aromatic carbocycles. The Morgan fingerprint density at radius 3 is 2.72 bits per heavy atom. The monoisotopic (exact) mass is 247 g/mol. The number of nitrogens with zero attached hydrogens (tertiary/aromatic N) is 1. The molecule has 0 saturated heterocycles. The van der Waals surface area contributed by atoms with Crippen molar-refractivity contribution >= 4 is 5.91 Å². The maximum Gasteiger partial charge on any atom is 0.227 e. The number of hydrogen-bond donors (Lipinski definition) is 1. The van der Waals surface area contributed by atoms with E-state index >= 15 is 0 Å². The standard InChI is InChI=1S/C15H21NO2/c1-2-9-16(11-12-7-8-12)15(18)10-13-5-3-4-6-14(13)17/h3-6,12,17H,2,7-11H2,1H3. The van der Waals surface area contributed by atoms with E-state index in [-0.39, 0.29) is 11.7 Å². The van der Waals surface area contributed by atoms with Crippen LogP contribution in [0, 0.1) is 5.92 Å². The third-order valence-electron chi connectivity index (χ3n) is 3.36. The smallest absolute Gasteiger partial charge is 0.227 e. The van der Waals surface area contributed by atoms with Crippen molar-refractivity contribution < 1.29 is 9.90 Å². The van der Waals surface area contributed by atoms with Gasteiger partial charge in [-0.3, -0.25) is 4.79 Å². The second-order valence-corrected chi connectivity index (χ2v) is 5.09. The highest BCUT2D eigenvalue weighted by atomic mass is 16.3. The summed E-state index contributed by atoms with van der Waals surface area (Å²) in [5.74, 6) is 1.06. The van der Waals surface area contributed by atoms with Crippen molar-refractivity contribution in [1.82, 2.24) is 4.90 Å². The van der Waals surface area contributed by atoms with Crippen LogP contribution < -0.4 is 0 Å². The Labute approximate surface area is 108 Å². The first kappa shape index (κ1) is 12.9. The quantitative estimate of drug-likeness (QED) is 0.839. The van der Waals surface area contributed by atoms with Crippen molar-refractivity contribution in [2.75, 3.05) is 13.1 Å². The SMILES string of the molecule is CCCN(CC1CC1)C(=O)Cc1ccccc1O. The summed E-state index contributed by atoms with van der Waals surface area (Å²) in [4.78, 5) is 14.2. The van der Waals surface area contributed by atoms with Crippen molar-refractivity contribution in [2.45, 2.75) is 32.6 Å². The van der Waals surface area contributed by atoms with Crippen LogP contribution in [0.4, 0.5) is 0 Å². The minimum atomic E-state index is 0.130. The molecular formula is C15H21NO2. The first-order valence-electron chi connectivity index (χ1n) is 6.75. The first-order chi connectivity index (χ1) is 8.70. The van der Waals surface area contributed by atoms with Crippen molar-refractivity contribution in [2.24, 2.45) is 5.92 Å². The van der Waals surface area contributed by atoms with Crippen LogP contribution in [0.15, 0.2) is 24.3 Å². The number of carbonyl (C=O) groups excluding carboxylic acids is 1. The van der Waals surface area contributed by atoms with Crippen LogP contribution in [-0.4, -0.2) is 29.0 Å². The zero-order valence-corrected chi connectivity index (χ0v) is 10.9. The van der Waals surface area contributed by atoms with Gasteiger partial charge in [-0.25, -0.2) is 0 Å². The van der Waals surface area contributed by atoms with E-state index in [1.807, 2.05) is 17.0 Å². The predicted octanol–water partition coefficient (Wildman–Crippen LogP) is 2.58. The first-order valence-corrected chi connectivity index (χ1v) is 6.75. The molecule has 0 aliphatic heterocycles. The van der Waals surface area contributed by atoms with Gasteiger partial charge in [0.05, 0.1) is 6.42 Å². The molecule has 98 valence electrons. The molecule has 0 spiro atoms.